The number of fused-ring (bicyclic) bond motifs is 1. The van der Waals surface area contributed by atoms with Crippen LogP contribution in [0.4, 0.5) is 0 Å². The third kappa shape index (κ3) is 2.07. The third-order valence-electron chi connectivity index (χ3n) is 5.37. The normalized spacial score (nSPS) is 38.6. The fraction of sp³-hybridized carbons (Fsp3) is 0.867. The van der Waals surface area contributed by atoms with Crippen molar-refractivity contribution in [2.45, 2.75) is 69.1 Å². The molecule has 20 heavy (non-hydrogen) atoms. The van der Waals surface area contributed by atoms with Crippen LogP contribution in [-0.2, 0) is 9.59 Å². The summed E-state index contributed by atoms with van der Waals surface area (Å²) < 4.78 is 0. The Kier molecular flexibility index (Phi) is 3.07. The van der Waals surface area contributed by atoms with Gasteiger partial charge in [0.2, 0.25) is 11.8 Å². The molecule has 4 aliphatic rings. The Morgan fingerprint density at radius 2 is 1.85 bits per heavy atom. The molecular formula is C15H23N3O2. The van der Waals surface area contributed by atoms with Crippen LogP contribution in [0.5, 0.6) is 0 Å². The third-order valence-corrected chi connectivity index (χ3v) is 5.37. The Labute approximate surface area is 119 Å². The first-order valence-electron chi connectivity index (χ1n) is 8.10. The summed E-state index contributed by atoms with van der Waals surface area (Å²) in [5.74, 6) is 0.0697. The Morgan fingerprint density at radius 1 is 1.00 bits per heavy atom. The van der Waals surface area contributed by atoms with Gasteiger partial charge in [0, 0.05) is 24.7 Å². The van der Waals surface area contributed by atoms with Crippen molar-refractivity contribution in [3.8, 4) is 0 Å². The molecule has 3 unspecified atom stereocenters. The molecule has 1 aliphatic carbocycles. The van der Waals surface area contributed by atoms with Gasteiger partial charge < -0.3 is 5.32 Å². The van der Waals surface area contributed by atoms with Crippen LogP contribution in [0.1, 0.15) is 44.9 Å². The number of carbonyl (C=O) groups is 2. The molecule has 3 aliphatic heterocycles. The first-order chi connectivity index (χ1) is 9.74. The summed E-state index contributed by atoms with van der Waals surface area (Å²) in [6, 6.07) is 0.948. The van der Waals surface area contributed by atoms with Crippen LogP contribution >= 0.6 is 0 Å². The zero-order chi connectivity index (χ0) is 13.7. The van der Waals surface area contributed by atoms with Crippen molar-refractivity contribution in [2.75, 3.05) is 13.1 Å². The van der Waals surface area contributed by atoms with Gasteiger partial charge in [-0.05, 0) is 38.6 Å². The van der Waals surface area contributed by atoms with Gasteiger partial charge in [0.15, 0.2) is 0 Å². The predicted molar refractivity (Wildman–Crippen MR) is 74.0 cm³/mol. The molecule has 3 atom stereocenters. The maximum Gasteiger partial charge on any atom is 0.247 e. The maximum atomic E-state index is 12.4. The lowest BCUT2D eigenvalue weighted by Gasteiger charge is -2.33. The van der Waals surface area contributed by atoms with Gasteiger partial charge in [0.05, 0.1) is 12.5 Å². The SMILES string of the molecule is O=C1CC(NC2CCN3CCCCC23)C(=O)N1C1CC1. The minimum atomic E-state index is -0.255. The van der Waals surface area contributed by atoms with E-state index in [0.29, 0.717) is 18.5 Å². The van der Waals surface area contributed by atoms with Gasteiger partial charge in [-0.3, -0.25) is 19.4 Å². The van der Waals surface area contributed by atoms with Gasteiger partial charge in [-0.15, -0.1) is 0 Å². The molecule has 1 saturated carbocycles. The molecule has 4 rings (SSSR count). The second kappa shape index (κ2) is 4.81. The molecule has 5 heteroatoms. The Bertz CT molecular complexity index is 435. The van der Waals surface area contributed by atoms with Crippen LogP contribution in [0.15, 0.2) is 0 Å². The van der Waals surface area contributed by atoms with Crippen molar-refractivity contribution in [1.29, 1.82) is 0 Å². The van der Waals surface area contributed by atoms with Crippen molar-refractivity contribution in [2.24, 2.45) is 0 Å². The van der Waals surface area contributed by atoms with E-state index in [1.165, 1.54) is 30.7 Å². The number of rotatable bonds is 3. The number of hydrogen-bond donors (Lipinski definition) is 1. The summed E-state index contributed by atoms with van der Waals surface area (Å²) in [5.41, 5.74) is 0. The molecule has 5 nitrogen and oxygen atoms in total. The fourth-order valence-corrected chi connectivity index (χ4v) is 4.20. The summed E-state index contributed by atoms with van der Waals surface area (Å²) in [7, 11) is 0. The van der Waals surface area contributed by atoms with Crippen molar-refractivity contribution < 1.29 is 9.59 Å². The maximum absolute atomic E-state index is 12.4. The highest BCUT2D eigenvalue weighted by Crippen LogP contribution is 2.33. The van der Waals surface area contributed by atoms with E-state index >= 15 is 0 Å². The van der Waals surface area contributed by atoms with Crippen LogP contribution in [0.3, 0.4) is 0 Å². The first-order valence-corrected chi connectivity index (χ1v) is 8.10. The van der Waals surface area contributed by atoms with Crippen LogP contribution in [0.25, 0.3) is 0 Å². The number of imide groups is 1. The Hall–Kier alpha value is -0.940. The van der Waals surface area contributed by atoms with Crippen molar-refractivity contribution in [3.63, 3.8) is 0 Å². The first kappa shape index (κ1) is 12.8. The largest absolute Gasteiger partial charge is 0.301 e. The number of hydrogen-bond acceptors (Lipinski definition) is 4. The predicted octanol–water partition coefficient (Wildman–Crippen LogP) is 0.493. The number of amides is 2. The van der Waals surface area contributed by atoms with Crippen LogP contribution in [0, 0.1) is 0 Å². The summed E-state index contributed by atoms with van der Waals surface area (Å²) >= 11 is 0. The van der Waals surface area contributed by atoms with E-state index in [4.69, 9.17) is 0 Å². The lowest BCUT2D eigenvalue weighted by atomic mass is 9.98. The van der Waals surface area contributed by atoms with Gasteiger partial charge in [0.25, 0.3) is 0 Å². The van der Waals surface area contributed by atoms with Gasteiger partial charge >= 0.3 is 0 Å². The van der Waals surface area contributed by atoms with E-state index in [0.717, 1.165) is 25.8 Å². The molecule has 1 N–H and O–H groups in total. The smallest absolute Gasteiger partial charge is 0.247 e. The van der Waals surface area contributed by atoms with Crippen molar-refractivity contribution in [3.05, 3.63) is 0 Å². The number of nitrogens with zero attached hydrogens (tertiary/aromatic N) is 2. The average molecular weight is 277 g/mol. The van der Waals surface area contributed by atoms with Gasteiger partial charge in [-0.1, -0.05) is 6.42 Å². The summed E-state index contributed by atoms with van der Waals surface area (Å²) in [4.78, 5) is 28.5. The molecule has 0 spiro atoms. The minimum absolute atomic E-state index is 0.0340. The molecule has 0 radical (unpaired) electrons. The standard InChI is InChI=1S/C15H23N3O2/c19-14-9-12(15(20)18(14)10-4-5-10)16-11-6-8-17-7-2-1-3-13(11)17/h10-13,16H,1-9H2. The molecule has 0 aromatic rings. The van der Waals surface area contributed by atoms with E-state index in [2.05, 4.69) is 10.2 Å². The molecule has 0 aromatic carbocycles. The van der Waals surface area contributed by atoms with E-state index in [1.807, 2.05) is 0 Å². The number of nitrogens with one attached hydrogen (secondary N) is 1. The fourth-order valence-electron chi connectivity index (χ4n) is 4.20. The van der Waals surface area contributed by atoms with Crippen LogP contribution < -0.4 is 5.32 Å². The van der Waals surface area contributed by atoms with E-state index in [9.17, 15) is 9.59 Å². The quantitative estimate of drug-likeness (QED) is 0.763. The van der Waals surface area contributed by atoms with E-state index in [-0.39, 0.29) is 23.9 Å². The Balaban J connectivity index is 1.42. The van der Waals surface area contributed by atoms with Gasteiger partial charge in [0.1, 0.15) is 0 Å². The molecule has 3 saturated heterocycles. The van der Waals surface area contributed by atoms with Crippen molar-refractivity contribution in [1.82, 2.24) is 15.1 Å². The van der Waals surface area contributed by atoms with E-state index < -0.39 is 0 Å². The molecule has 0 bridgehead atoms. The monoisotopic (exact) mass is 277 g/mol. The summed E-state index contributed by atoms with van der Waals surface area (Å²) in [6.07, 6.45) is 7.34. The topological polar surface area (TPSA) is 52.7 Å². The molecule has 0 aromatic heterocycles. The molecule has 4 fully saturated rings. The number of carbonyl (C=O) groups excluding carboxylic acids is 2. The average Bonchev–Trinajstić information content (AvgIpc) is 3.13. The zero-order valence-corrected chi connectivity index (χ0v) is 11.9. The lowest BCUT2D eigenvalue weighted by molar-refractivity contribution is -0.139. The highest BCUT2D eigenvalue weighted by molar-refractivity contribution is 6.06. The number of piperidine rings is 1. The lowest BCUT2D eigenvalue weighted by Crippen LogP contribution is -2.50. The molecule has 2 amide bonds. The highest BCUT2D eigenvalue weighted by Gasteiger charge is 2.47. The summed E-state index contributed by atoms with van der Waals surface area (Å²) in [6.45, 7) is 2.35. The van der Waals surface area contributed by atoms with E-state index in [1.54, 1.807) is 0 Å². The van der Waals surface area contributed by atoms with Crippen LogP contribution in [0.2, 0.25) is 0 Å². The van der Waals surface area contributed by atoms with Crippen LogP contribution in [-0.4, -0.2) is 58.9 Å². The molecule has 3 heterocycles. The minimum Gasteiger partial charge on any atom is -0.301 e. The second-order valence-corrected chi connectivity index (χ2v) is 6.75. The van der Waals surface area contributed by atoms with Crippen molar-refractivity contribution >= 4 is 11.8 Å². The highest BCUT2D eigenvalue weighted by atomic mass is 16.2. The Morgan fingerprint density at radius 3 is 2.65 bits per heavy atom. The second-order valence-electron chi connectivity index (χ2n) is 6.75. The molecule has 110 valence electrons. The zero-order valence-electron chi connectivity index (χ0n) is 11.9. The summed E-state index contributed by atoms with van der Waals surface area (Å²) in [5, 5.41) is 3.52. The van der Waals surface area contributed by atoms with Gasteiger partial charge in [-0.25, -0.2) is 0 Å². The molecular weight excluding hydrogens is 254 g/mol. The van der Waals surface area contributed by atoms with Gasteiger partial charge in [-0.2, -0.15) is 0 Å². The number of likely N-dealkylation sites (tertiary alicyclic amines) is 1.